The van der Waals surface area contributed by atoms with Crippen LogP contribution in [0.3, 0.4) is 0 Å². The van der Waals surface area contributed by atoms with Gasteiger partial charge in [0.25, 0.3) is 11.8 Å². The van der Waals surface area contributed by atoms with E-state index in [0.717, 1.165) is 100.0 Å². The highest BCUT2D eigenvalue weighted by Gasteiger charge is 2.45. The summed E-state index contributed by atoms with van der Waals surface area (Å²) in [6.45, 7) is 24.0. The Balaban J connectivity index is 1.28. The number of hydrogen-bond donors (Lipinski definition) is 0. The first kappa shape index (κ1) is 65.7. The fraction of sp³-hybridized carbons (Fsp3) is 0.513. The normalized spacial score (nSPS) is 15.0. The van der Waals surface area contributed by atoms with Gasteiger partial charge in [-0.25, -0.2) is 0 Å². The summed E-state index contributed by atoms with van der Waals surface area (Å²) < 4.78 is 3.89. The van der Waals surface area contributed by atoms with Crippen LogP contribution in [0.2, 0.25) is 0 Å². The fourth-order valence-electron chi connectivity index (χ4n) is 14.6. The minimum Gasteiger partial charge on any atom is -0.274 e. The number of benzene rings is 3. The van der Waals surface area contributed by atoms with Gasteiger partial charge in [-0.3, -0.25) is 14.5 Å². The van der Waals surface area contributed by atoms with Gasteiger partial charge in [0.15, 0.2) is 0 Å². The lowest BCUT2D eigenvalue weighted by molar-refractivity contribution is 0.0653. The van der Waals surface area contributed by atoms with Gasteiger partial charge in [0, 0.05) is 88.2 Å². The van der Waals surface area contributed by atoms with Crippen LogP contribution in [0.1, 0.15) is 261 Å². The quantitative estimate of drug-likeness (QED) is 0.0293. The van der Waals surface area contributed by atoms with Crippen molar-refractivity contribution >= 4 is 110 Å². The van der Waals surface area contributed by atoms with Crippen molar-refractivity contribution in [3.63, 3.8) is 0 Å². The summed E-state index contributed by atoms with van der Waals surface area (Å²) in [6, 6.07) is 38.0. The molecule has 3 nitrogen and oxygen atoms in total. The topological polar surface area (TPSA) is 37.4 Å². The maximum atomic E-state index is 15.3. The van der Waals surface area contributed by atoms with Gasteiger partial charge in [0.1, 0.15) is 4.88 Å². The molecule has 87 heavy (non-hydrogen) atoms. The molecule has 3 aromatic carbocycles. The van der Waals surface area contributed by atoms with Crippen molar-refractivity contribution < 1.29 is 9.59 Å². The van der Waals surface area contributed by atoms with Crippen molar-refractivity contribution in [2.45, 2.75) is 234 Å². The zero-order valence-corrected chi connectivity index (χ0v) is 59.3. The first-order valence-electron chi connectivity index (χ1n) is 34.2. The first-order chi connectivity index (χ1) is 42.4. The number of imide groups is 1. The van der Waals surface area contributed by atoms with Crippen molar-refractivity contribution in [2.75, 3.05) is 6.54 Å². The molecular formula is C78H99NO2S6. The number of amides is 2. The Bertz CT molecular complexity index is 3580. The number of hydrogen-bond acceptors (Lipinski definition) is 8. The third-order valence-electron chi connectivity index (χ3n) is 19.7. The Morgan fingerprint density at radius 2 is 1.01 bits per heavy atom. The van der Waals surface area contributed by atoms with Crippen LogP contribution in [0.5, 0.6) is 0 Å². The number of carbonyl (C=O) groups excluding carboxylic acids is 2. The minimum absolute atomic E-state index is 0.0878. The molecule has 0 bridgehead atoms. The largest absolute Gasteiger partial charge is 0.274 e. The van der Waals surface area contributed by atoms with Crippen LogP contribution in [0.25, 0.3) is 60.9 Å². The maximum Gasteiger partial charge on any atom is 0.271 e. The second-order valence-electron chi connectivity index (χ2n) is 26.1. The molecule has 464 valence electrons. The monoisotopic (exact) mass is 1270 g/mol. The van der Waals surface area contributed by atoms with Crippen LogP contribution in [0.15, 0.2) is 97.1 Å². The smallest absolute Gasteiger partial charge is 0.271 e. The molecule has 0 saturated carbocycles. The van der Waals surface area contributed by atoms with E-state index in [1.54, 1.807) is 16.2 Å². The fourth-order valence-corrected chi connectivity index (χ4v) is 23.0. The highest BCUT2D eigenvalue weighted by atomic mass is 32.1. The SMILES string of the molecule is CCCCCCCN1C(=O)c2sc3c(-c4cc5c(-c6ccc(CC(CC)CCCC)s6)c6sc(C(CCC)(CCCC)c7ccccc7)cc6c(-c6ccc(CC(CC)CCCC)s6)c5s4)sc(C(CC)(CCCC(C)C)c4ccccc4)c3c2C1=O. The Morgan fingerprint density at radius 3 is 1.57 bits per heavy atom. The van der Waals surface area contributed by atoms with Crippen LogP contribution in [0.4, 0.5) is 0 Å². The van der Waals surface area contributed by atoms with E-state index in [0.29, 0.717) is 34.7 Å². The molecule has 2 amide bonds. The molecule has 6 aromatic heterocycles. The summed E-state index contributed by atoms with van der Waals surface area (Å²) in [5.41, 5.74) is 5.74. The molecule has 0 fully saturated rings. The highest BCUT2D eigenvalue weighted by molar-refractivity contribution is 7.32. The van der Waals surface area contributed by atoms with E-state index >= 15 is 4.79 Å². The summed E-state index contributed by atoms with van der Waals surface area (Å²) in [7, 11) is 0. The average Bonchev–Trinajstić information content (AvgIpc) is 1.57. The third-order valence-corrected chi connectivity index (χ3v) is 27.3. The van der Waals surface area contributed by atoms with Crippen molar-refractivity contribution in [1.29, 1.82) is 0 Å². The third kappa shape index (κ3) is 13.6. The standard InChI is InChI=1S/C78H99NO2S6/c1-11-19-23-24-31-47-79-75(80)68-67-72(86-73(68)76(79)81)71(87-74(67)77(18-8,46-32-33-52(9)10)55-36-27-25-28-37-55)63-50-59-65(61-42-40-57(82-61)48-53(16-6)34-20-12-2)70-60(51-64(85-70)78(44-15-5,45-22-14-4)56-38-29-26-30-39-56)66(69(59)84-63)62-43-41-58(83-62)49-54(17-7)35-21-13-3/h25-30,36-43,50-54H,11-24,31-35,44-49H2,1-10H3. The summed E-state index contributed by atoms with van der Waals surface area (Å²) in [5.74, 6) is 1.75. The number of carbonyl (C=O) groups is 2. The van der Waals surface area contributed by atoms with Crippen LogP contribution < -0.4 is 0 Å². The zero-order chi connectivity index (χ0) is 61.2. The van der Waals surface area contributed by atoms with E-state index < -0.39 is 0 Å². The molecule has 0 saturated heterocycles. The molecule has 4 atom stereocenters. The molecule has 7 heterocycles. The predicted molar refractivity (Wildman–Crippen MR) is 389 cm³/mol. The lowest BCUT2D eigenvalue weighted by Gasteiger charge is -2.34. The van der Waals surface area contributed by atoms with Crippen molar-refractivity contribution in [1.82, 2.24) is 4.90 Å². The van der Waals surface area contributed by atoms with Crippen molar-refractivity contribution in [3.05, 3.63) is 138 Å². The molecule has 4 unspecified atom stereocenters. The lowest BCUT2D eigenvalue weighted by Crippen LogP contribution is -2.31. The Kier molecular flexibility index (Phi) is 22.9. The predicted octanol–water partition coefficient (Wildman–Crippen LogP) is 26.4. The number of unbranched alkanes of at least 4 members (excludes halogenated alkanes) is 7. The van der Waals surface area contributed by atoms with Gasteiger partial charge >= 0.3 is 0 Å². The van der Waals surface area contributed by atoms with Crippen molar-refractivity contribution in [3.8, 4) is 30.6 Å². The molecule has 9 aromatic rings. The zero-order valence-electron chi connectivity index (χ0n) is 54.4. The van der Waals surface area contributed by atoms with Crippen LogP contribution in [-0.2, 0) is 23.7 Å². The lowest BCUT2D eigenvalue weighted by atomic mass is 9.71. The molecule has 0 spiro atoms. The highest BCUT2D eigenvalue weighted by Crippen LogP contribution is 2.60. The van der Waals surface area contributed by atoms with E-state index in [4.69, 9.17) is 0 Å². The molecular weight excluding hydrogens is 1180 g/mol. The summed E-state index contributed by atoms with van der Waals surface area (Å²) >= 11 is 11.7. The van der Waals surface area contributed by atoms with Gasteiger partial charge in [-0.15, -0.1) is 68.0 Å². The molecule has 0 radical (unpaired) electrons. The number of thiophene rings is 6. The molecule has 9 heteroatoms. The first-order valence-corrected chi connectivity index (χ1v) is 39.1. The molecule has 0 aliphatic carbocycles. The van der Waals surface area contributed by atoms with Crippen LogP contribution in [-0.4, -0.2) is 23.3 Å². The minimum atomic E-state index is -0.349. The molecule has 10 rings (SSSR count). The second kappa shape index (κ2) is 30.3. The van der Waals surface area contributed by atoms with E-state index in [2.05, 4.69) is 178 Å². The van der Waals surface area contributed by atoms with Gasteiger partial charge in [-0.1, -0.05) is 239 Å². The van der Waals surface area contributed by atoms with Gasteiger partial charge in [0.2, 0.25) is 0 Å². The average molecular weight is 1280 g/mol. The summed E-state index contributed by atoms with van der Waals surface area (Å²) in [6.07, 6.45) is 27.4. The number of rotatable bonds is 35. The van der Waals surface area contributed by atoms with Gasteiger partial charge < -0.3 is 0 Å². The summed E-state index contributed by atoms with van der Waals surface area (Å²) in [4.78, 5) is 43.4. The second-order valence-corrected chi connectivity index (χ2v) is 32.5. The molecule has 0 N–H and O–H groups in total. The number of nitrogens with zero attached hydrogens (tertiary/aromatic N) is 1. The maximum absolute atomic E-state index is 15.3. The van der Waals surface area contributed by atoms with Gasteiger partial charge in [-0.05, 0) is 110 Å². The molecule has 1 aliphatic rings. The van der Waals surface area contributed by atoms with E-state index in [9.17, 15) is 4.79 Å². The van der Waals surface area contributed by atoms with E-state index in [1.807, 2.05) is 45.3 Å². The molecule has 1 aliphatic heterocycles. The van der Waals surface area contributed by atoms with Gasteiger partial charge in [0.05, 0.1) is 15.1 Å². The Morgan fingerprint density at radius 1 is 0.448 bits per heavy atom. The van der Waals surface area contributed by atoms with Gasteiger partial charge in [-0.2, -0.15) is 0 Å². The van der Waals surface area contributed by atoms with Crippen LogP contribution in [0, 0.1) is 17.8 Å². The van der Waals surface area contributed by atoms with Crippen LogP contribution >= 0.6 is 68.0 Å². The van der Waals surface area contributed by atoms with E-state index in [1.165, 1.54) is 146 Å². The Labute approximate surface area is 547 Å². The summed E-state index contributed by atoms with van der Waals surface area (Å²) in [5, 5.41) is 3.78. The van der Waals surface area contributed by atoms with E-state index in [-0.39, 0.29) is 22.6 Å². The Hall–Kier alpha value is -4.22. The number of fused-ring (bicyclic) bond motifs is 5. The van der Waals surface area contributed by atoms with Crippen molar-refractivity contribution in [2.24, 2.45) is 17.8 Å².